The second-order valence-corrected chi connectivity index (χ2v) is 10.8. The monoisotopic (exact) mass is 486 g/mol. The molecule has 10 nitrogen and oxygen atoms in total. The van der Waals surface area contributed by atoms with Gasteiger partial charge in [-0.25, -0.2) is 18.1 Å². The standard InChI is InChI=1S/C23H26N4O6S/c1-16-3-6-18(7-4-16)34(30,31)26-11-9-25(10-12-26)14-27-21(28)23(2,24-22(27)29)17-5-8-19-20(13-17)33-15-32-19/h3-8,13H,9-12,14-15H2,1-2H3,(H,24,29). The number of aryl methyl sites for hydroxylation is 1. The molecule has 0 spiro atoms. The van der Waals surface area contributed by atoms with Gasteiger partial charge in [-0.1, -0.05) is 23.8 Å². The molecule has 1 unspecified atom stereocenters. The summed E-state index contributed by atoms with van der Waals surface area (Å²) in [5, 5.41) is 2.79. The topological polar surface area (TPSA) is 108 Å². The van der Waals surface area contributed by atoms with E-state index in [0.29, 0.717) is 30.2 Å². The number of nitrogens with one attached hydrogen (secondary N) is 1. The molecule has 34 heavy (non-hydrogen) atoms. The van der Waals surface area contributed by atoms with Crippen LogP contribution in [0.1, 0.15) is 18.1 Å². The third-order valence-electron chi connectivity index (χ3n) is 6.56. The number of ether oxygens (including phenoxy) is 2. The Kier molecular flexibility index (Phi) is 5.50. The molecule has 0 bridgehead atoms. The smallest absolute Gasteiger partial charge is 0.326 e. The van der Waals surface area contributed by atoms with Crippen molar-refractivity contribution < 1.29 is 27.5 Å². The Morgan fingerprint density at radius 3 is 2.35 bits per heavy atom. The van der Waals surface area contributed by atoms with Crippen LogP contribution in [0.5, 0.6) is 11.5 Å². The van der Waals surface area contributed by atoms with Gasteiger partial charge in [-0.3, -0.25) is 9.69 Å². The Balaban J connectivity index is 1.25. The highest BCUT2D eigenvalue weighted by Crippen LogP contribution is 2.38. The molecule has 5 rings (SSSR count). The number of carbonyl (C=O) groups is 2. The zero-order valence-electron chi connectivity index (χ0n) is 19.0. The van der Waals surface area contributed by atoms with Gasteiger partial charge in [0.05, 0.1) is 11.6 Å². The van der Waals surface area contributed by atoms with Gasteiger partial charge in [0.25, 0.3) is 5.91 Å². The van der Waals surface area contributed by atoms with Gasteiger partial charge in [0.1, 0.15) is 5.54 Å². The summed E-state index contributed by atoms with van der Waals surface area (Å²) in [6, 6.07) is 11.5. The predicted octanol–water partition coefficient (Wildman–Crippen LogP) is 1.45. The fourth-order valence-corrected chi connectivity index (χ4v) is 5.82. The van der Waals surface area contributed by atoms with E-state index < -0.39 is 21.6 Å². The van der Waals surface area contributed by atoms with Crippen LogP contribution in [0.2, 0.25) is 0 Å². The number of amides is 3. The van der Waals surface area contributed by atoms with E-state index in [-0.39, 0.29) is 37.4 Å². The van der Waals surface area contributed by atoms with Gasteiger partial charge in [0, 0.05) is 26.2 Å². The molecule has 2 saturated heterocycles. The fourth-order valence-electron chi connectivity index (χ4n) is 4.40. The van der Waals surface area contributed by atoms with E-state index in [9.17, 15) is 18.0 Å². The number of piperazine rings is 1. The van der Waals surface area contributed by atoms with Gasteiger partial charge < -0.3 is 14.8 Å². The molecule has 3 heterocycles. The van der Waals surface area contributed by atoms with Crippen molar-refractivity contribution in [1.29, 1.82) is 0 Å². The lowest BCUT2D eigenvalue weighted by atomic mass is 9.92. The molecule has 3 aliphatic heterocycles. The fraction of sp³-hybridized carbons (Fsp3) is 0.391. The van der Waals surface area contributed by atoms with Crippen LogP contribution in [-0.2, 0) is 20.4 Å². The highest BCUT2D eigenvalue weighted by molar-refractivity contribution is 7.89. The number of benzene rings is 2. The van der Waals surface area contributed by atoms with Crippen molar-refractivity contribution in [2.24, 2.45) is 0 Å². The largest absolute Gasteiger partial charge is 0.454 e. The van der Waals surface area contributed by atoms with Gasteiger partial charge in [-0.05, 0) is 43.7 Å². The summed E-state index contributed by atoms with van der Waals surface area (Å²) < 4.78 is 38.0. The third kappa shape index (κ3) is 3.79. The van der Waals surface area contributed by atoms with Crippen LogP contribution in [0.3, 0.4) is 0 Å². The quantitative estimate of drug-likeness (QED) is 0.638. The lowest BCUT2D eigenvalue weighted by Crippen LogP contribution is -2.52. The van der Waals surface area contributed by atoms with Crippen LogP contribution in [0.4, 0.5) is 4.79 Å². The molecule has 0 saturated carbocycles. The SMILES string of the molecule is Cc1ccc(S(=O)(=O)N2CCN(CN3C(=O)NC(C)(c4ccc5c(c4)OCO5)C3=O)CC2)cc1. The number of nitrogens with zero attached hydrogens (tertiary/aromatic N) is 3. The van der Waals surface area contributed by atoms with Crippen LogP contribution in [0, 0.1) is 6.92 Å². The predicted molar refractivity (Wildman–Crippen MR) is 122 cm³/mol. The normalized spacial score (nSPS) is 23.4. The average Bonchev–Trinajstić information content (AvgIpc) is 3.38. The molecule has 0 aromatic heterocycles. The van der Waals surface area contributed by atoms with Crippen molar-refractivity contribution in [3.63, 3.8) is 0 Å². The molecule has 0 aliphatic carbocycles. The molecule has 1 atom stereocenters. The van der Waals surface area contributed by atoms with Crippen LogP contribution in [-0.4, -0.2) is 74.1 Å². The summed E-state index contributed by atoms with van der Waals surface area (Å²) in [4.78, 5) is 29.4. The molecule has 2 aromatic rings. The first-order valence-electron chi connectivity index (χ1n) is 11.0. The number of rotatable bonds is 5. The van der Waals surface area contributed by atoms with Crippen molar-refractivity contribution >= 4 is 22.0 Å². The zero-order valence-corrected chi connectivity index (χ0v) is 19.8. The minimum absolute atomic E-state index is 0.0865. The van der Waals surface area contributed by atoms with E-state index in [1.54, 1.807) is 49.4 Å². The Bertz CT molecular complexity index is 1240. The van der Waals surface area contributed by atoms with Gasteiger partial charge in [-0.2, -0.15) is 4.31 Å². The molecule has 11 heteroatoms. The van der Waals surface area contributed by atoms with Crippen molar-refractivity contribution in [3.05, 3.63) is 53.6 Å². The van der Waals surface area contributed by atoms with Gasteiger partial charge in [-0.15, -0.1) is 0 Å². The highest BCUT2D eigenvalue weighted by atomic mass is 32.2. The van der Waals surface area contributed by atoms with Crippen LogP contribution >= 0.6 is 0 Å². The lowest BCUT2D eigenvalue weighted by Gasteiger charge is -2.35. The summed E-state index contributed by atoms with van der Waals surface area (Å²) in [5.41, 5.74) is 0.367. The summed E-state index contributed by atoms with van der Waals surface area (Å²) in [6.45, 7) is 5.14. The molecule has 1 N–H and O–H groups in total. The Morgan fingerprint density at radius 1 is 0.971 bits per heavy atom. The maximum Gasteiger partial charge on any atom is 0.326 e. The summed E-state index contributed by atoms with van der Waals surface area (Å²) in [7, 11) is -3.59. The molecule has 0 radical (unpaired) electrons. The van der Waals surface area contributed by atoms with E-state index in [1.165, 1.54) is 9.21 Å². The first-order chi connectivity index (χ1) is 16.2. The molecule has 2 fully saturated rings. The number of carbonyl (C=O) groups excluding carboxylic acids is 2. The number of fused-ring (bicyclic) bond motifs is 1. The third-order valence-corrected chi connectivity index (χ3v) is 8.47. The summed E-state index contributed by atoms with van der Waals surface area (Å²) >= 11 is 0. The zero-order chi connectivity index (χ0) is 24.1. The molecular weight excluding hydrogens is 460 g/mol. The molecule has 180 valence electrons. The van der Waals surface area contributed by atoms with Gasteiger partial charge in [0.15, 0.2) is 11.5 Å². The summed E-state index contributed by atoms with van der Waals surface area (Å²) in [6.07, 6.45) is 0. The van der Waals surface area contributed by atoms with Crippen molar-refractivity contribution in [2.45, 2.75) is 24.3 Å². The average molecular weight is 487 g/mol. The van der Waals surface area contributed by atoms with Crippen molar-refractivity contribution in [1.82, 2.24) is 19.4 Å². The number of imide groups is 1. The van der Waals surface area contributed by atoms with Crippen molar-refractivity contribution in [3.8, 4) is 11.5 Å². The minimum atomic E-state index is -3.59. The highest BCUT2D eigenvalue weighted by Gasteiger charge is 2.50. The molecule has 3 aliphatic rings. The van der Waals surface area contributed by atoms with Crippen LogP contribution < -0.4 is 14.8 Å². The van der Waals surface area contributed by atoms with Crippen LogP contribution in [0.25, 0.3) is 0 Å². The summed E-state index contributed by atoms with van der Waals surface area (Å²) in [5.74, 6) is 0.760. The van der Waals surface area contributed by atoms with E-state index in [1.807, 2.05) is 11.8 Å². The van der Waals surface area contributed by atoms with Crippen LogP contribution in [0.15, 0.2) is 47.4 Å². The van der Waals surface area contributed by atoms with E-state index in [2.05, 4.69) is 5.32 Å². The van der Waals surface area contributed by atoms with E-state index in [0.717, 1.165) is 5.56 Å². The molecule has 3 amide bonds. The minimum Gasteiger partial charge on any atom is -0.454 e. The Labute approximate surface area is 198 Å². The number of urea groups is 1. The Morgan fingerprint density at radius 2 is 1.65 bits per heavy atom. The first kappa shape index (κ1) is 22.6. The maximum atomic E-state index is 13.3. The maximum absolute atomic E-state index is 13.3. The van der Waals surface area contributed by atoms with E-state index >= 15 is 0 Å². The van der Waals surface area contributed by atoms with E-state index in [4.69, 9.17) is 9.47 Å². The Hall–Kier alpha value is -3.15. The second-order valence-electron chi connectivity index (χ2n) is 8.83. The molecular formula is C23H26N4O6S. The van der Waals surface area contributed by atoms with Crippen molar-refractivity contribution in [2.75, 3.05) is 39.6 Å². The van der Waals surface area contributed by atoms with Gasteiger partial charge >= 0.3 is 6.03 Å². The second kappa shape index (κ2) is 8.26. The number of hydrogen-bond acceptors (Lipinski definition) is 7. The lowest BCUT2D eigenvalue weighted by molar-refractivity contribution is -0.132. The first-order valence-corrected chi connectivity index (χ1v) is 12.5. The number of sulfonamides is 1. The molecule has 2 aromatic carbocycles. The number of hydrogen-bond donors (Lipinski definition) is 1. The van der Waals surface area contributed by atoms with Gasteiger partial charge in [0.2, 0.25) is 16.8 Å².